The standard InChI is InChI=1S/C10H11N3O/c11-5-8-1-3-12-6-10(8)13-4-2-9(14)7-13/h1,3,6,9,14H,2,4,7H2/t9-/m1/s1. The van der Waals surface area contributed by atoms with Crippen LogP contribution < -0.4 is 4.90 Å². The third-order valence-electron chi connectivity index (χ3n) is 2.42. The Labute approximate surface area is 82.4 Å². The predicted molar refractivity (Wildman–Crippen MR) is 51.8 cm³/mol. The van der Waals surface area contributed by atoms with Crippen molar-refractivity contribution in [2.75, 3.05) is 18.0 Å². The van der Waals surface area contributed by atoms with Crippen LogP contribution in [0.15, 0.2) is 18.5 Å². The molecule has 1 aliphatic rings. The summed E-state index contributed by atoms with van der Waals surface area (Å²) >= 11 is 0. The molecular weight excluding hydrogens is 178 g/mol. The average Bonchev–Trinajstić information content (AvgIpc) is 2.65. The fraction of sp³-hybridized carbons (Fsp3) is 0.400. The van der Waals surface area contributed by atoms with Gasteiger partial charge in [0.2, 0.25) is 0 Å². The van der Waals surface area contributed by atoms with Gasteiger partial charge >= 0.3 is 0 Å². The van der Waals surface area contributed by atoms with Crippen LogP contribution in [0, 0.1) is 11.3 Å². The van der Waals surface area contributed by atoms with Gasteiger partial charge in [0.25, 0.3) is 0 Å². The molecule has 1 aromatic rings. The molecule has 1 aromatic heterocycles. The number of hydrogen-bond acceptors (Lipinski definition) is 4. The van der Waals surface area contributed by atoms with Gasteiger partial charge in [-0.15, -0.1) is 0 Å². The molecule has 1 aliphatic heterocycles. The molecular formula is C10H11N3O. The van der Waals surface area contributed by atoms with E-state index in [1.807, 2.05) is 4.90 Å². The van der Waals surface area contributed by atoms with Gasteiger partial charge in [-0.1, -0.05) is 0 Å². The minimum atomic E-state index is -0.276. The van der Waals surface area contributed by atoms with Crippen molar-refractivity contribution < 1.29 is 5.11 Å². The smallest absolute Gasteiger partial charge is 0.101 e. The second-order valence-corrected chi connectivity index (χ2v) is 3.39. The number of anilines is 1. The van der Waals surface area contributed by atoms with E-state index in [4.69, 9.17) is 5.26 Å². The maximum absolute atomic E-state index is 9.38. The Kier molecular flexibility index (Phi) is 2.33. The van der Waals surface area contributed by atoms with Gasteiger partial charge in [-0.2, -0.15) is 5.26 Å². The molecule has 4 heteroatoms. The molecule has 1 saturated heterocycles. The summed E-state index contributed by atoms with van der Waals surface area (Å²) in [6.45, 7) is 1.39. The van der Waals surface area contributed by atoms with Crippen molar-refractivity contribution in [1.82, 2.24) is 4.98 Å². The molecule has 0 aromatic carbocycles. The summed E-state index contributed by atoms with van der Waals surface area (Å²) in [4.78, 5) is 5.98. The summed E-state index contributed by atoms with van der Waals surface area (Å²) in [7, 11) is 0. The van der Waals surface area contributed by atoms with Crippen molar-refractivity contribution >= 4 is 5.69 Å². The van der Waals surface area contributed by atoms with E-state index < -0.39 is 0 Å². The zero-order chi connectivity index (χ0) is 9.97. The van der Waals surface area contributed by atoms with Gasteiger partial charge in [-0.05, 0) is 12.5 Å². The number of nitrogens with zero attached hydrogens (tertiary/aromatic N) is 3. The van der Waals surface area contributed by atoms with Crippen molar-refractivity contribution in [2.24, 2.45) is 0 Å². The molecule has 14 heavy (non-hydrogen) atoms. The monoisotopic (exact) mass is 189 g/mol. The maximum atomic E-state index is 9.38. The van der Waals surface area contributed by atoms with Gasteiger partial charge in [-0.25, -0.2) is 0 Å². The molecule has 2 heterocycles. The molecule has 72 valence electrons. The highest BCUT2D eigenvalue weighted by atomic mass is 16.3. The summed E-state index contributed by atoms with van der Waals surface area (Å²) in [5.74, 6) is 0. The van der Waals surface area contributed by atoms with Gasteiger partial charge in [0, 0.05) is 19.3 Å². The Balaban J connectivity index is 2.28. The van der Waals surface area contributed by atoms with E-state index in [2.05, 4.69) is 11.1 Å². The molecule has 0 saturated carbocycles. The quantitative estimate of drug-likeness (QED) is 0.699. The van der Waals surface area contributed by atoms with Crippen LogP contribution in [0.5, 0.6) is 0 Å². The van der Waals surface area contributed by atoms with Crippen LogP contribution in [-0.2, 0) is 0 Å². The highest BCUT2D eigenvalue weighted by Crippen LogP contribution is 2.22. The Bertz CT molecular complexity index is 372. The van der Waals surface area contributed by atoms with E-state index >= 15 is 0 Å². The molecule has 0 amide bonds. The van der Waals surface area contributed by atoms with Crippen LogP contribution in [0.25, 0.3) is 0 Å². The first-order valence-corrected chi connectivity index (χ1v) is 4.58. The number of hydrogen-bond donors (Lipinski definition) is 1. The number of nitriles is 1. The normalized spacial score (nSPS) is 20.9. The summed E-state index contributed by atoms with van der Waals surface area (Å²) < 4.78 is 0. The lowest BCUT2D eigenvalue weighted by Crippen LogP contribution is -2.22. The maximum Gasteiger partial charge on any atom is 0.101 e. The van der Waals surface area contributed by atoms with E-state index in [1.165, 1.54) is 0 Å². The molecule has 0 unspecified atom stereocenters. The summed E-state index contributed by atoms with van der Waals surface area (Å²) in [5, 5.41) is 18.3. The third-order valence-corrected chi connectivity index (χ3v) is 2.42. The molecule has 1 N–H and O–H groups in total. The molecule has 0 radical (unpaired) electrons. The van der Waals surface area contributed by atoms with E-state index in [1.54, 1.807) is 18.5 Å². The van der Waals surface area contributed by atoms with Gasteiger partial charge in [-0.3, -0.25) is 4.98 Å². The number of rotatable bonds is 1. The Morgan fingerprint density at radius 2 is 2.50 bits per heavy atom. The highest BCUT2D eigenvalue weighted by Gasteiger charge is 2.22. The highest BCUT2D eigenvalue weighted by molar-refractivity contribution is 5.58. The van der Waals surface area contributed by atoms with Gasteiger partial charge < -0.3 is 10.0 Å². The van der Waals surface area contributed by atoms with E-state index in [9.17, 15) is 5.11 Å². The minimum absolute atomic E-state index is 0.276. The molecule has 0 spiro atoms. The molecule has 1 atom stereocenters. The van der Waals surface area contributed by atoms with Crippen molar-refractivity contribution in [3.05, 3.63) is 24.0 Å². The van der Waals surface area contributed by atoms with E-state index in [0.717, 1.165) is 18.7 Å². The van der Waals surface area contributed by atoms with E-state index in [0.29, 0.717) is 12.1 Å². The fourth-order valence-electron chi connectivity index (χ4n) is 1.69. The van der Waals surface area contributed by atoms with Gasteiger partial charge in [0.05, 0.1) is 23.6 Å². The van der Waals surface area contributed by atoms with Crippen LogP contribution in [0.3, 0.4) is 0 Å². The largest absolute Gasteiger partial charge is 0.391 e. The van der Waals surface area contributed by atoms with E-state index in [-0.39, 0.29) is 6.10 Å². The van der Waals surface area contributed by atoms with Crippen molar-refractivity contribution in [3.63, 3.8) is 0 Å². The van der Waals surface area contributed by atoms with Crippen LogP contribution in [-0.4, -0.2) is 29.3 Å². The van der Waals surface area contributed by atoms with Crippen LogP contribution in [0.4, 0.5) is 5.69 Å². The van der Waals surface area contributed by atoms with Crippen molar-refractivity contribution in [2.45, 2.75) is 12.5 Å². The molecule has 2 rings (SSSR count). The number of pyridine rings is 1. The second-order valence-electron chi connectivity index (χ2n) is 3.39. The lowest BCUT2D eigenvalue weighted by Gasteiger charge is -2.18. The summed E-state index contributed by atoms with van der Waals surface area (Å²) in [6.07, 6.45) is 3.77. The molecule has 4 nitrogen and oxygen atoms in total. The molecule has 1 fully saturated rings. The summed E-state index contributed by atoms with van der Waals surface area (Å²) in [5.41, 5.74) is 1.45. The lowest BCUT2D eigenvalue weighted by molar-refractivity contribution is 0.198. The lowest BCUT2D eigenvalue weighted by atomic mass is 10.2. The Morgan fingerprint density at radius 1 is 1.64 bits per heavy atom. The Hall–Kier alpha value is -1.60. The average molecular weight is 189 g/mol. The zero-order valence-electron chi connectivity index (χ0n) is 7.72. The first-order valence-electron chi connectivity index (χ1n) is 4.58. The van der Waals surface area contributed by atoms with Gasteiger partial charge in [0.1, 0.15) is 6.07 Å². The molecule has 0 bridgehead atoms. The van der Waals surface area contributed by atoms with Crippen molar-refractivity contribution in [1.29, 1.82) is 5.26 Å². The topological polar surface area (TPSA) is 60.2 Å². The summed E-state index contributed by atoms with van der Waals surface area (Å²) in [6, 6.07) is 3.82. The van der Waals surface area contributed by atoms with Crippen LogP contribution in [0.2, 0.25) is 0 Å². The number of β-amino-alcohol motifs (C(OH)–C–C–N with tert-alkyl or cyclic N) is 1. The predicted octanol–water partition coefficient (Wildman–Crippen LogP) is 0.524. The van der Waals surface area contributed by atoms with Crippen molar-refractivity contribution in [3.8, 4) is 6.07 Å². The third kappa shape index (κ3) is 1.54. The SMILES string of the molecule is N#Cc1ccncc1N1CC[C@@H](O)C1. The first-order chi connectivity index (χ1) is 6.81. The molecule has 0 aliphatic carbocycles. The number of aliphatic hydroxyl groups excluding tert-OH is 1. The fourth-order valence-corrected chi connectivity index (χ4v) is 1.69. The first kappa shape index (κ1) is 8.97. The minimum Gasteiger partial charge on any atom is -0.391 e. The van der Waals surface area contributed by atoms with Crippen LogP contribution in [0.1, 0.15) is 12.0 Å². The van der Waals surface area contributed by atoms with Crippen LogP contribution >= 0.6 is 0 Å². The number of aliphatic hydroxyl groups is 1. The second kappa shape index (κ2) is 3.64. The van der Waals surface area contributed by atoms with Gasteiger partial charge in [0.15, 0.2) is 0 Å². The Morgan fingerprint density at radius 3 is 3.14 bits per heavy atom. The number of aromatic nitrogens is 1. The zero-order valence-corrected chi connectivity index (χ0v) is 7.72.